The van der Waals surface area contributed by atoms with Crippen LogP contribution in [-0.2, 0) is 16.1 Å². The van der Waals surface area contributed by atoms with E-state index in [0.29, 0.717) is 25.3 Å². The molecule has 184 valence electrons. The summed E-state index contributed by atoms with van der Waals surface area (Å²) in [5.74, 6) is 0.0314. The lowest BCUT2D eigenvalue weighted by atomic mass is 10.1. The van der Waals surface area contributed by atoms with E-state index in [9.17, 15) is 13.6 Å². The summed E-state index contributed by atoms with van der Waals surface area (Å²) in [4.78, 5) is 21.2. The minimum atomic E-state index is -2.94. The molecule has 0 N–H and O–H groups in total. The molecule has 0 atom stereocenters. The number of pyridine rings is 1. The van der Waals surface area contributed by atoms with Gasteiger partial charge in [0.05, 0.1) is 19.8 Å². The summed E-state index contributed by atoms with van der Waals surface area (Å²) < 4.78 is 40.6. The van der Waals surface area contributed by atoms with Gasteiger partial charge in [-0.3, -0.25) is 14.7 Å². The minimum Gasteiger partial charge on any atom is -0.490 e. The number of nitrogens with zero attached hydrogens (tertiary/aromatic N) is 3. The molecule has 2 aromatic rings. The van der Waals surface area contributed by atoms with Gasteiger partial charge in [0.1, 0.15) is 0 Å². The summed E-state index contributed by atoms with van der Waals surface area (Å²) in [5.41, 5.74) is 1.64. The quantitative estimate of drug-likeness (QED) is 0.435. The molecule has 2 heterocycles. The topological polar surface area (TPSA) is 64.1 Å². The first-order chi connectivity index (χ1) is 16.5. The van der Waals surface area contributed by atoms with Crippen LogP contribution in [0.1, 0.15) is 24.5 Å². The highest BCUT2D eigenvalue weighted by Crippen LogP contribution is 2.30. The summed E-state index contributed by atoms with van der Waals surface area (Å²) >= 11 is 0. The first-order valence-electron chi connectivity index (χ1n) is 11.4. The molecule has 0 unspecified atom stereocenters. The number of halogens is 2. The fourth-order valence-electron chi connectivity index (χ4n) is 3.65. The number of hydrogen-bond acceptors (Lipinski definition) is 6. The Morgan fingerprint density at radius 3 is 2.68 bits per heavy atom. The lowest BCUT2D eigenvalue weighted by molar-refractivity contribution is -0.126. The van der Waals surface area contributed by atoms with Gasteiger partial charge in [-0.1, -0.05) is 6.07 Å². The van der Waals surface area contributed by atoms with Gasteiger partial charge >= 0.3 is 6.61 Å². The molecule has 1 saturated heterocycles. The molecule has 1 amide bonds. The van der Waals surface area contributed by atoms with E-state index < -0.39 is 6.61 Å². The Balaban J connectivity index is 1.67. The summed E-state index contributed by atoms with van der Waals surface area (Å²) in [5, 5.41) is 0. The van der Waals surface area contributed by atoms with Crippen molar-refractivity contribution in [1.82, 2.24) is 14.8 Å². The van der Waals surface area contributed by atoms with Crippen molar-refractivity contribution in [2.45, 2.75) is 26.5 Å². The van der Waals surface area contributed by atoms with Crippen molar-refractivity contribution in [3.8, 4) is 11.5 Å². The molecule has 1 aromatic heterocycles. The molecule has 1 fully saturated rings. The highest BCUT2D eigenvalue weighted by atomic mass is 19.3. The van der Waals surface area contributed by atoms with Crippen LogP contribution in [0.4, 0.5) is 8.78 Å². The van der Waals surface area contributed by atoms with Crippen LogP contribution >= 0.6 is 0 Å². The lowest BCUT2D eigenvalue weighted by Gasteiger charge is -2.28. The maximum atomic E-state index is 13.1. The van der Waals surface area contributed by atoms with Crippen LogP contribution in [0.2, 0.25) is 0 Å². The number of rotatable bonds is 12. The van der Waals surface area contributed by atoms with E-state index in [2.05, 4.69) is 14.6 Å². The van der Waals surface area contributed by atoms with Crippen LogP contribution in [0.5, 0.6) is 11.5 Å². The zero-order valence-corrected chi connectivity index (χ0v) is 19.4. The average Bonchev–Trinajstić information content (AvgIpc) is 2.84. The van der Waals surface area contributed by atoms with Crippen LogP contribution in [-0.4, -0.2) is 73.3 Å². The molecule has 0 bridgehead atoms. The number of morpholine rings is 1. The molecule has 3 rings (SSSR count). The number of alkyl halides is 2. The fourth-order valence-corrected chi connectivity index (χ4v) is 3.65. The highest BCUT2D eigenvalue weighted by molar-refractivity contribution is 5.91. The first-order valence-corrected chi connectivity index (χ1v) is 11.4. The maximum Gasteiger partial charge on any atom is 0.387 e. The van der Waals surface area contributed by atoms with Crippen LogP contribution < -0.4 is 9.47 Å². The molecular weight excluding hydrogens is 444 g/mol. The Kier molecular flexibility index (Phi) is 10.2. The number of aromatic nitrogens is 1. The number of carbonyl (C=O) groups is 1. The van der Waals surface area contributed by atoms with E-state index in [1.807, 2.05) is 12.1 Å². The lowest BCUT2D eigenvalue weighted by Crippen LogP contribution is -2.38. The third-order valence-electron chi connectivity index (χ3n) is 5.34. The highest BCUT2D eigenvalue weighted by Gasteiger charge is 2.15. The zero-order valence-electron chi connectivity index (χ0n) is 19.4. The molecule has 9 heteroatoms. The second-order valence-electron chi connectivity index (χ2n) is 7.77. The van der Waals surface area contributed by atoms with Gasteiger partial charge < -0.3 is 19.1 Å². The molecule has 1 aromatic carbocycles. The number of amides is 1. The van der Waals surface area contributed by atoms with Crippen LogP contribution in [0.3, 0.4) is 0 Å². The molecule has 0 saturated carbocycles. The summed E-state index contributed by atoms with van der Waals surface area (Å²) in [6, 6.07) is 8.38. The van der Waals surface area contributed by atoms with E-state index in [0.717, 1.165) is 44.8 Å². The normalized spacial score (nSPS) is 14.5. The summed E-state index contributed by atoms with van der Waals surface area (Å²) in [7, 11) is 0. The monoisotopic (exact) mass is 475 g/mol. The summed E-state index contributed by atoms with van der Waals surface area (Å²) in [6.07, 6.45) is 7.41. The number of benzene rings is 1. The molecule has 0 aliphatic carbocycles. The van der Waals surface area contributed by atoms with Crippen molar-refractivity contribution < 1.29 is 27.8 Å². The third-order valence-corrected chi connectivity index (χ3v) is 5.34. The second-order valence-corrected chi connectivity index (χ2v) is 7.77. The van der Waals surface area contributed by atoms with Gasteiger partial charge in [-0.05, 0) is 54.8 Å². The van der Waals surface area contributed by atoms with Crippen molar-refractivity contribution >= 4 is 12.0 Å². The van der Waals surface area contributed by atoms with E-state index in [-0.39, 0.29) is 17.4 Å². The molecule has 0 spiro atoms. The molecule has 1 aliphatic rings. The Hall–Kier alpha value is -3.04. The smallest absolute Gasteiger partial charge is 0.387 e. The number of ether oxygens (including phenoxy) is 3. The maximum absolute atomic E-state index is 13.1. The predicted molar refractivity (Wildman–Crippen MR) is 125 cm³/mol. The second kappa shape index (κ2) is 13.6. The third kappa shape index (κ3) is 8.39. The van der Waals surface area contributed by atoms with Crippen molar-refractivity contribution in [3.05, 3.63) is 59.9 Å². The van der Waals surface area contributed by atoms with Gasteiger partial charge in [0, 0.05) is 51.2 Å². The van der Waals surface area contributed by atoms with E-state index in [4.69, 9.17) is 9.47 Å². The average molecular weight is 476 g/mol. The van der Waals surface area contributed by atoms with E-state index in [1.165, 1.54) is 12.1 Å². The molecule has 1 aliphatic heterocycles. The Morgan fingerprint density at radius 2 is 1.97 bits per heavy atom. The van der Waals surface area contributed by atoms with Crippen molar-refractivity contribution in [2.24, 2.45) is 0 Å². The Labute approximate surface area is 198 Å². The van der Waals surface area contributed by atoms with Gasteiger partial charge in [-0.2, -0.15) is 8.78 Å². The van der Waals surface area contributed by atoms with Crippen LogP contribution in [0.15, 0.2) is 48.8 Å². The molecule has 0 radical (unpaired) electrons. The van der Waals surface area contributed by atoms with Gasteiger partial charge in [0.25, 0.3) is 0 Å². The standard InChI is InChI=1S/C25H31F2N3O4/c1-2-33-23-18-20(4-6-22(23)34-25(26)27)5-7-24(31)30(19-21-8-10-28-11-9-21)13-3-12-29-14-16-32-17-15-29/h4-11,18,25H,2-3,12-17,19H2,1H3/b7-5+. The van der Waals surface area contributed by atoms with Crippen molar-refractivity contribution in [3.63, 3.8) is 0 Å². The van der Waals surface area contributed by atoms with Gasteiger partial charge in [0.15, 0.2) is 11.5 Å². The number of carbonyl (C=O) groups excluding carboxylic acids is 1. The minimum absolute atomic E-state index is 0.0391. The summed E-state index contributed by atoms with van der Waals surface area (Å²) in [6.45, 7) is 4.39. The van der Waals surface area contributed by atoms with Crippen molar-refractivity contribution in [2.75, 3.05) is 46.0 Å². The predicted octanol–water partition coefficient (Wildman–Crippen LogP) is 3.85. The number of hydrogen-bond donors (Lipinski definition) is 0. The van der Waals surface area contributed by atoms with Crippen molar-refractivity contribution in [1.29, 1.82) is 0 Å². The Bertz CT molecular complexity index is 922. The molecular formula is C25H31F2N3O4. The molecule has 34 heavy (non-hydrogen) atoms. The van der Waals surface area contributed by atoms with Gasteiger partial charge in [-0.15, -0.1) is 0 Å². The van der Waals surface area contributed by atoms with Crippen LogP contribution in [0.25, 0.3) is 6.08 Å². The SMILES string of the molecule is CCOc1cc(/C=C/C(=O)N(CCCN2CCOCC2)Cc2ccncc2)ccc1OC(F)F. The zero-order chi connectivity index (χ0) is 24.2. The molecule has 7 nitrogen and oxygen atoms in total. The van der Waals surface area contributed by atoms with Crippen LogP contribution in [0, 0.1) is 0 Å². The Morgan fingerprint density at radius 1 is 1.21 bits per heavy atom. The largest absolute Gasteiger partial charge is 0.490 e. The van der Waals surface area contributed by atoms with Gasteiger partial charge in [-0.25, -0.2) is 0 Å². The van der Waals surface area contributed by atoms with E-state index >= 15 is 0 Å². The fraction of sp³-hybridized carbons (Fsp3) is 0.440. The van der Waals surface area contributed by atoms with Gasteiger partial charge in [0.2, 0.25) is 5.91 Å². The van der Waals surface area contributed by atoms with E-state index in [1.54, 1.807) is 42.4 Å². The first kappa shape index (κ1) is 25.6.